The molecule has 0 aromatic heterocycles. The number of aliphatic hydroxyl groups excluding tert-OH is 1. The summed E-state index contributed by atoms with van der Waals surface area (Å²) in [4.78, 5) is 27.5. The van der Waals surface area contributed by atoms with Gasteiger partial charge in [-0.15, -0.1) is 11.8 Å². The molecule has 1 N–H and O–H groups in total. The van der Waals surface area contributed by atoms with Crippen molar-refractivity contribution in [2.24, 2.45) is 0 Å². The first kappa shape index (κ1) is 19.1. The Morgan fingerprint density at radius 3 is 2.44 bits per heavy atom. The number of nitrogens with zero attached hydrogens (tertiary/aromatic N) is 1. The minimum absolute atomic E-state index is 0.137. The summed E-state index contributed by atoms with van der Waals surface area (Å²) in [7, 11) is 0. The van der Waals surface area contributed by atoms with Gasteiger partial charge in [-0.1, -0.05) is 24.3 Å². The fraction of sp³-hybridized carbons (Fsp3) is 0.200. The van der Waals surface area contributed by atoms with Crippen LogP contribution in [0.3, 0.4) is 0 Å². The first-order chi connectivity index (χ1) is 13.1. The molecule has 0 atom stereocenters. The van der Waals surface area contributed by atoms with Crippen molar-refractivity contribution in [1.82, 2.24) is 0 Å². The quantitative estimate of drug-likeness (QED) is 0.739. The van der Waals surface area contributed by atoms with E-state index in [4.69, 9.17) is 9.84 Å². The monoisotopic (exact) mass is 387 g/mol. The van der Waals surface area contributed by atoms with Crippen molar-refractivity contribution >= 4 is 34.8 Å². The Morgan fingerprint density at radius 1 is 1.07 bits per heavy atom. The number of imide groups is 1. The zero-order chi connectivity index (χ0) is 19.4. The molecule has 2 aromatic carbocycles. The second kappa shape index (κ2) is 8.37. The summed E-state index contributed by atoms with van der Waals surface area (Å²) in [6.07, 6.45) is 0. The summed E-state index contributed by atoms with van der Waals surface area (Å²) in [6.45, 7) is 2.06. The third-order valence-corrected chi connectivity index (χ3v) is 4.97. The van der Waals surface area contributed by atoms with Crippen LogP contribution in [0.2, 0.25) is 0 Å². The average Bonchev–Trinajstić information content (AvgIpc) is 2.91. The third-order valence-electron chi connectivity index (χ3n) is 3.92. The Balaban J connectivity index is 2.08. The number of anilines is 1. The minimum Gasteiger partial charge on any atom is -0.492 e. The molecule has 0 spiro atoms. The highest BCUT2D eigenvalue weighted by atomic mass is 32.2. The number of hydrogen-bond acceptors (Lipinski definition) is 5. The smallest absolute Gasteiger partial charge is 0.272 e. The number of benzene rings is 2. The number of amides is 2. The summed E-state index contributed by atoms with van der Waals surface area (Å²) in [5, 5.41) is 9.15. The average molecular weight is 387 g/mol. The zero-order valence-corrected chi connectivity index (χ0v) is 15.5. The molecule has 0 aliphatic carbocycles. The van der Waals surface area contributed by atoms with Gasteiger partial charge in [-0.25, -0.2) is 9.29 Å². The fourth-order valence-electron chi connectivity index (χ4n) is 2.80. The molecular formula is C20H18FNO4S. The Kier molecular flexibility index (Phi) is 5.93. The van der Waals surface area contributed by atoms with E-state index >= 15 is 0 Å². The molecule has 0 saturated heterocycles. The molecule has 0 saturated carbocycles. The molecule has 5 nitrogen and oxygen atoms in total. The number of para-hydroxylation sites is 2. The maximum Gasteiger partial charge on any atom is 0.272 e. The molecule has 0 fully saturated rings. The Morgan fingerprint density at radius 2 is 1.78 bits per heavy atom. The molecular weight excluding hydrogens is 369 g/mol. The lowest BCUT2D eigenvalue weighted by atomic mass is 10.1. The fourth-order valence-corrected chi connectivity index (χ4v) is 3.66. The largest absolute Gasteiger partial charge is 0.492 e. The van der Waals surface area contributed by atoms with Crippen LogP contribution in [0.4, 0.5) is 10.1 Å². The standard InChI is InChI=1S/C20H18FNO4S/c1-2-26-16-6-4-3-5-15(16)22-19(24)17(13-7-9-14(21)10-8-13)18(20(22)25)27-12-11-23/h3-10,23H,2,11-12H2,1H3. The van der Waals surface area contributed by atoms with Crippen LogP contribution in [-0.2, 0) is 9.59 Å². The van der Waals surface area contributed by atoms with Crippen molar-refractivity contribution in [2.45, 2.75) is 6.92 Å². The number of thioether (sulfide) groups is 1. The van der Waals surface area contributed by atoms with Gasteiger partial charge in [-0.2, -0.15) is 0 Å². The van der Waals surface area contributed by atoms with E-state index in [1.807, 2.05) is 6.92 Å². The molecule has 3 rings (SSSR count). The summed E-state index contributed by atoms with van der Waals surface area (Å²) in [5.74, 6) is -0.725. The van der Waals surface area contributed by atoms with Crippen LogP contribution < -0.4 is 9.64 Å². The van der Waals surface area contributed by atoms with Gasteiger partial charge in [0.2, 0.25) is 0 Å². The minimum atomic E-state index is -0.501. The van der Waals surface area contributed by atoms with Gasteiger partial charge in [-0.3, -0.25) is 9.59 Å². The molecule has 1 aliphatic rings. The Labute approximate surface area is 160 Å². The summed E-state index contributed by atoms with van der Waals surface area (Å²) in [5.41, 5.74) is 1.00. The van der Waals surface area contributed by atoms with E-state index in [0.717, 1.165) is 16.7 Å². The molecule has 2 aromatic rings. The van der Waals surface area contributed by atoms with Crippen molar-refractivity contribution in [1.29, 1.82) is 0 Å². The van der Waals surface area contributed by atoms with Gasteiger partial charge >= 0.3 is 0 Å². The number of aliphatic hydroxyl groups is 1. The van der Waals surface area contributed by atoms with Crippen LogP contribution in [0.25, 0.3) is 5.57 Å². The normalized spacial score (nSPS) is 14.3. The maximum atomic E-state index is 13.3. The molecule has 1 heterocycles. The zero-order valence-electron chi connectivity index (χ0n) is 14.6. The van der Waals surface area contributed by atoms with Gasteiger partial charge in [0.05, 0.1) is 29.4 Å². The second-order valence-corrected chi connectivity index (χ2v) is 6.73. The maximum absolute atomic E-state index is 13.3. The van der Waals surface area contributed by atoms with Crippen LogP contribution in [0, 0.1) is 5.82 Å². The number of ether oxygens (including phenoxy) is 1. The van der Waals surface area contributed by atoms with Crippen molar-refractivity contribution in [2.75, 3.05) is 23.9 Å². The number of hydrogen-bond donors (Lipinski definition) is 1. The molecule has 140 valence electrons. The summed E-state index contributed by atoms with van der Waals surface area (Å²) in [6, 6.07) is 12.2. The highest BCUT2D eigenvalue weighted by Crippen LogP contribution is 2.41. The molecule has 0 bridgehead atoms. The lowest BCUT2D eigenvalue weighted by Gasteiger charge is -2.18. The van der Waals surface area contributed by atoms with Crippen molar-refractivity contribution in [3.8, 4) is 5.75 Å². The first-order valence-electron chi connectivity index (χ1n) is 8.43. The molecule has 27 heavy (non-hydrogen) atoms. The van der Waals surface area contributed by atoms with Gasteiger partial charge in [0.1, 0.15) is 11.6 Å². The van der Waals surface area contributed by atoms with E-state index in [-0.39, 0.29) is 22.8 Å². The predicted octanol–water partition coefficient (Wildman–Crippen LogP) is 3.23. The number of rotatable bonds is 7. The molecule has 0 unspecified atom stereocenters. The summed E-state index contributed by atoms with van der Waals surface area (Å²) < 4.78 is 18.9. The molecule has 2 amide bonds. The van der Waals surface area contributed by atoms with Crippen molar-refractivity contribution < 1.29 is 23.8 Å². The molecule has 7 heteroatoms. The van der Waals surface area contributed by atoms with E-state index in [1.165, 1.54) is 24.3 Å². The van der Waals surface area contributed by atoms with Gasteiger partial charge in [0.25, 0.3) is 11.8 Å². The van der Waals surface area contributed by atoms with Gasteiger partial charge in [0.15, 0.2) is 0 Å². The van der Waals surface area contributed by atoms with Gasteiger partial charge in [-0.05, 0) is 36.8 Å². The van der Waals surface area contributed by atoms with E-state index in [0.29, 0.717) is 23.6 Å². The number of halogens is 1. The SMILES string of the molecule is CCOc1ccccc1N1C(=O)C(SCCO)=C(c2ccc(F)cc2)C1=O. The lowest BCUT2D eigenvalue weighted by Crippen LogP contribution is -2.31. The summed E-state index contributed by atoms with van der Waals surface area (Å²) >= 11 is 1.10. The third kappa shape index (κ3) is 3.74. The van der Waals surface area contributed by atoms with E-state index in [9.17, 15) is 14.0 Å². The number of carbonyl (C=O) groups excluding carboxylic acids is 2. The topological polar surface area (TPSA) is 66.8 Å². The van der Waals surface area contributed by atoms with Gasteiger partial charge < -0.3 is 9.84 Å². The number of carbonyl (C=O) groups is 2. The van der Waals surface area contributed by atoms with Crippen LogP contribution in [-0.4, -0.2) is 35.9 Å². The van der Waals surface area contributed by atoms with Crippen LogP contribution in [0.5, 0.6) is 5.75 Å². The van der Waals surface area contributed by atoms with Crippen LogP contribution >= 0.6 is 11.8 Å². The van der Waals surface area contributed by atoms with E-state index in [2.05, 4.69) is 0 Å². The van der Waals surface area contributed by atoms with Gasteiger partial charge in [0, 0.05) is 5.75 Å². The Hall–Kier alpha value is -2.64. The second-order valence-electron chi connectivity index (χ2n) is 5.63. The van der Waals surface area contributed by atoms with Crippen LogP contribution in [0.1, 0.15) is 12.5 Å². The van der Waals surface area contributed by atoms with Crippen molar-refractivity contribution in [3.63, 3.8) is 0 Å². The van der Waals surface area contributed by atoms with E-state index < -0.39 is 17.6 Å². The highest BCUT2D eigenvalue weighted by molar-refractivity contribution is 8.04. The van der Waals surface area contributed by atoms with Crippen LogP contribution in [0.15, 0.2) is 53.4 Å². The molecule has 1 aliphatic heterocycles. The highest BCUT2D eigenvalue weighted by Gasteiger charge is 2.41. The van der Waals surface area contributed by atoms with E-state index in [1.54, 1.807) is 24.3 Å². The molecule has 0 radical (unpaired) electrons. The Bertz CT molecular complexity index is 895. The van der Waals surface area contributed by atoms with Crippen molar-refractivity contribution in [3.05, 3.63) is 64.8 Å². The predicted molar refractivity (Wildman–Crippen MR) is 103 cm³/mol. The first-order valence-corrected chi connectivity index (χ1v) is 9.41. The lowest BCUT2D eigenvalue weighted by molar-refractivity contribution is -0.119.